The molecule has 2 atom stereocenters. The van der Waals surface area contributed by atoms with E-state index in [-0.39, 0.29) is 11.8 Å². The standard InChI is InChI=1S/C19H25N3O2/c1-13-5-7-14(8-6-13)19-22-16(12-24-19)9-10-21-18(23)17-4-2-3-15(17)11-20/h5-8,12,15,17H,2-4,9-11,20H2,1H3,(H,21,23)/t15-,17-/m1/s1. The first-order valence-corrected chi connectivity index (χ1v) is 8.66. The lowest BCUT2D eigenvalue weighted by atomic mass is 9.95. The summed E-state index contributed by atoms with van der Waals surface area (Å²) >= 11 is 0. The summed E-state index contributed by atoms with van der Waals surface area (Å²) in [6, 6.07) is 8.07. The van der Waals surface area contributed by atoms with Crippen molar-refractivity contribution in [1.82, 2.24) is 10.3 Å². The van der Waals surface area contributed by atoms with Gasteiger partial charge in [0.25, 0.3) is 0 Å². The van der Waals surface area contributed by atoms with Crippen LogP contribution in [0.3, 0.4) is 0 Å². The molecule has 1 aromatic heterocycles. The van der Waals surface area contributed by atoms with Crippen LogP contribution >= 0.6 is 0 Å². The zero-order valence-electron chi connectivity index (χ0n) is 14.1. The molecule has 0 bridgehead atoms. The number of aromatic nitrogens is 1. The summed E-state index contributed by atoms with van der Waals surface area (Å²) in [4.78, 5) is 16.8. The lowest BCUT2D eigenvalue weighted by Crippen LogP contribution is -2.36. The first-order chi connectivity index (χ1) is 11.7. The molecule has 0 spiro atoms. The second-order valence-electron chi connectivity index (χ2n) is 6.58. The van der Waals surface area contributed by atoms with E-state index in [1.807, 2.05) is 31.2 Å². The fraction of sp³-hybridized carbons (Fsp3) is 0.474. The van der Waals surface area contributed by atoms with Gasteiger partial charge in [0.05, 0.1) is 5.69 Å². The topological polar surface area (TPSA) is 81.2 Å². The highest BCUT2D eigenvalue weighted by Gasteiger charge is 2.31. The fourth-order valence-electron chi connectivity index (χ4n) is 3.36. The summed E-state index contributed by atoms with van der Waals surface area (Å²) < 4.78 is 5.54. The van der Waals surface area contributed by atoms with E-state index in [4.69, 9.17) is 10.2 Å². The molecule has 3 rings (SSSR count). The first-order valence-electron chi connectivity index (χ1n) is 8.66. The molecule has 1 aliphatic carbocycles. The maximum Gasteiger partial charge on any atom is 0.226 e. The number of amides is 1. The molecule has 1 aromatic carbocycles. The Morgan fingerprint density at radius 3 is 2.88 bits per heavy atom. The third-order valence-corrected chi connectivity index (χ3v) is 4.83. The molecule has 0 radical (unpaired) electrons. The van der Waals surface area contributed by atoms with Crippen molar-refractivity contribution in [3.05, 3.63) is 41.8 Å². The number of nitrogens with one attached hydrogen (secondary N) is 1. The number of hydrogen-bond acceptors (Lipinski definition) is 4. The Kier molecular flexibility index (Phi) is 5.30. The number of nitrogens with two attached hydrogens (primary N) is 1. The van der Waals surface area contributed by atoms with Crippen LogP contribution in [0.15, 0.2) is 34.9 Å². The number of nitrogens with zero attached hydrogens (tertiary/aromatic N) is 1. The van der Waals surface area contributed by atoms with Crippen molar-refractivity contribution in [2.75, 3.05) is 13.1 Å². The third kappa shape index (κ3) is 3.85. The van der Waals surface area contributed by atoms with Gasteiger partial charge in [-0.05, 0) is 44.4 Å². The number of carbonyl (C=O) groups excluding carboxylic acids is 1. The van der Waals surface area contributed by atoms with Crippen LogP contribution in [0.25, 0.3) is 11.5 Å². The molecule has 2 aromatic rings. The molecule has 128 valence electrons. The monoisotopic (exact) mass is 327 g/mol. The van der Waals surface area contributed by atoms with E-state index in [1.165, 1.54) is 5.56 Å². The van der Waals surface area contributed by atoms with Crippen molar-refractivity contribution in [3.63, 3.8) is 0 Å². The second-order valence-corrected chi connectivity index (χ2v) is 6.58. The van der Waals surface area contributed by atoms with Crippen molar-refractivity contribution in [1.29, 1.82) is 0 Å². The summed E-state index contributed by atoms with van der Waals surface area (Å²) in [5, 5.41) is 3.02. The minimum Gasteiger partial charge on any atom is -0.444 e. The van der Waals surface area contributed by atoms with Crippen LogP contribution in [-0.2, 0) is 11.2 Å². The molecular formula is C19H25N3O2. The summed E-state index contributed by atoms with van der Waals surface area (Å²) in [6.07, 6.45) is 5.46. The Balaban J connectivity index is 1.50. The molecule has 3 N–H and O–H groups in total. The van der Waals surface area contributed by atoms with Crippen LogP contribution < -0.4 is 11.1 Å². The maximum atomic E-state index is 12.3. The quantitative estimate of drug-likeness (QED) is 0.855. The smallest absolute Gasteiger partial charge is 0.226 e. The Labute approximate surface area is 142 Å². The van der Waals surface area contributed by atoms with Crippen LogP contribution in [0.1, 0.15) is 30.5 Å². The van der Waals surface area contributed by atoms with Crippen molar-refractivity contribution in [3.8, 4) is 11.5 Å². The van der Waals surface area contributed by atoms with Gasteiger partial charge in [0, 0.05) is 24.4 Å². The van der Waals surface area contributed by atoms with E-state index >= 15 is 0 Å². The Morgan fingerprint density at radius 1 is 1.33 bits per heavy atom. The van der Waals surface area contributed by atoms with E-state index in [0.29, 0.717) is 31.3 Å². The molecule has 24 heavy (non-hydrogen) atoms. The van der Waals surface area contributed by atoms with Crippen LogP contribution in [0.4, 0.5) is 0 Å². The van der Waals surface area contributed by atoms with Gasteiger partial charge >= 0.3 is 0 Å². The molecule has 1 fully saturated rings. The van der Waals surface area contributed by atoms with E-state index in [1.54, 1.807) is 6.26 Å². The van der Waals surface area contributed by atoms with E-state index in [0.717, 1.165) is 30.5 Å². The predicted octanol–water partition coefficient (Wildman–Crippen LogP) is 2.68. The molecular weight excluding hydrogens is 302 g/mol. The highest BCUT2D eigenvalue weighted by Crippen LogP contribution is 2.30. The number of oxazole rings is 1. The number of aryl methyl sites for hydroxylation is 1. The minimum atomic E-state index is 0.0791. The zero-order valence-corrected chi connectivity index (χ0v) is 14.1. The average Bonchev–Trinajstić information content (AvgIpc) is 3.24. The number of rotatable bonds is 6. The lowest BCUT2D eigenvalue weighted by Gasteiger charge is -2.17. The molecule has 0 unspecified atom stereocenters. The van der Waals surface area contributed by atoms with Crippen molar-refractivity contribution in [2.24, 2.45) is 17.6 Å². The van der Waals surface area contributed by atoms with Gasteiger partial charge in [-0.1, -0.05) is 24.1 Å². The van der Waals surface area contributed by atoms with Crippen LogP contribution in [-0.4, -0.2) is 24.0 Å². The van der Waals surface area contributed by atoms with E-state index < -0.39 is 0 Å². The Bertz CT molecular complexity index is 678. The van der Waals surface area contributed by atoms with Gasteiger partial charge in [0.1, 0.15) is 6.26 Å². The number of carbonyl (C=O) groups is 1. The highest BCUT2D eigenvalue weighted by molar-refractivity contribution is 5.79. The molecule has 5 nitrogen and oxygen atoms in total. The molecule has 0 saturated heterocycles. The Morgan fingerprint density at radius 2 is 2.12 bits per heavy atom. The summed E-state index contributed by atoms with van der Waals surface area (Å²) in [5.41, 5.74) is 8.77. The molecule has 1 aliphatic rings. The third-order valence-electron chi connectivity index (χ3n) is 4.83. The molecule has 1 saturated carbocycles. The largest absolute Gasteiger partial charge is 0.444 e. The summed E-state index contributed by atoms with van der Waals surface area (Å²) in [7, 11) is 0. The summed E-state index contributed by atoms with van der Waals surface area (Å²) in [6.45, 7) is 3.22. The van der Waals surface area contributed by atoms with Crippen LogP contribution in [0.2, 0.25) is 0 Å². The van der Waals surface area contributed by atoms with Gasteiger partial charge in [0.15, 0.2) is 0 Å². The minimum absolute atomic E-state index is 0.0791. The van der Waals surface area contributed by atoms with Crippen molar-refractivity contribution < 1.29 is 9.21 Å². The molecule has 0 aliphatic heterocycles. The SMILES string of the molecule is Cc1ccc(-c2nc(CCNC(=O)[C@@H]3CCC[C@@H]3CN)co2)cc1. The van der Waals surface area contributed by atoms with Crippen LogP contribution in [0, 0.1) is 18.8 Å². The normalized spacial score (nSPS) is 20.2. The number of hydrogen-bond donors (Lipinski definition) is 2. The van der Waals surface area contributed by atoms with Gasteiger partial charge in [-0.15, -0.1) is 0 Å². The van der Waals surface area contributed by atoms with Gasteiger partial charge in [-0.3, -0.25) is 4.79 Å². The van der Waals surface area contributed by atoms with Crippen molar-refractivity contribution >= 4 is 5.91 Å². The molecule has 5 heteroatoms. The zero-order chi connectivity index (χ0) is 16.9. The number of benzene rings is 1. The summed E-state index contributed by atoms with van der Waals surface area (Å²) in [5.74, 6) is 1.17. The predicted molar refractivity (Wildman–Crippen MR) is 93.3 cm³/mol. The molecule has 1 heterocycles. The van der Waals surface area contributed by atoms with Gasteiger partial charge < -0.3 is 15.5 Å². The average molecular weight is 327 g/mol. The second kappa shape index (κ2) is 7.62. The van der Waals surface area contributed by atoms with Gasteiger partial charge in [0.2, 0.25) is 11.8 Å². The van der Waals surface area contributed by atoms with E-state index in [2.05, 4.69) is 10.3 Å². The van der Waals surface area contributed by atoms with Gasteiger partial charge in [-0.25, -0.2) is 4.98 Å². The molecule has 1 amide bonds. The van der Waals surface area contributed by atoms with Crippen molar-refractivity contribution in [2.45, 2.75) is 32.6 Å². The lowest BCUT2D eigenvalue weighted by molar-refractivity contribution is -0.125. The Hall–Kier alpha value is -2.14. The van der Waals surface area contributed by atoms with Gasteiger partial charge in [-0.2, -0.15) is 0 Å². The highest BCUT2D eigenvalue weighted by atomic mass is 16.3. The fourth-order valence-corrected chi connectivity index (χ4v) is 3.36. The van der Waals surface area contributed by atoms with E-state index in [9.17, 15) is 4.79 Å². The van der Waals surface area contributed by atoms with Crippen LogP contribution in [0.5, 0.6) is 0 Å². The maximum absolute atomic E-state index is 12.3. The first kappa shape index (κ1) is 16.7.